The minimum atomic E-state index is -0.0846. The van der Waals surface area contributed by atoms with Gasteiger partial charge in [0.05, 0.1) is 16.9 Å². The van der Waals surface area contributed by atoms with Crippen molar-refractivity contribution in [2.75, 3.05) is 12.3 Å². The number of thiophene rings is 1. The van der Waals surface area contributed by atoms with Crippen LogP contribution >= 0.6 is 23.1 Å². The Balaban J connectivity index is 1.83. The van der Waals surface area contributed by atoms with Crippen molar-refractivity contribution < 1.29 is 4.79 Å². The maximum atomic E-state index is 12.3. The van der Waals surface area contributed by atoms with Gasteiger partial charge in [0.2, 0.25) is 5.91 Å². The molecule has 0 bridgehead atoms. The number of hydrogen-bond acceptors (Lipinski definition) is 5. The lowest BCUT2D eigenvalue weighted by Crippen LogP contribution is -2.30. The van der Waals surface area contributed by atoms with Gasteiger partial charge in [-0.15, -0.1) is 23.1 Å². The number of carbonyl (C=O) groups excluding carboxylic acids is 1. The minimum absolute atomic E-state index is 0.0520. The number of rotatable bonds is 10. The first-order valence-corrected chi connectivity index (χ1v) is 11.3. The smallest absolute Gasteiger partial charge is 0.259 e. The molecule has 144 valence electrons. The van der Waals surface area contributed by atoms with Crippen LogP contribution in [0, 0.1) is 19.8 Å². The SMILES string of the molecule is CCCC[C@H](CC)CNC(=O)CSCc1nc2sc(C)c(C)c2c(=O)[nH]1. The Labute approximate surface area is 163 Å². The van der Waals surface area contributed by atoms with Crippen molar-refractivity contribution in [3.8, 4) is 0 Å². The first kappa shape index (κ1) is 21.0. The first-order valence-electron chi connectivity index (χ1n) is 9.29. The molecule has 0 aliphatic rings. The van der Waals surface area contributed by atoms with Crippen molar-refractivity contribution >= 4 is 39.2 Å². The number of thioether (sulfide) groups is 1. The number of H-pyrrole nitrogens is 1. The Morgan fingerprint density at radius 2 is 2.12 bits per heavy atom. The summed E-state index contributed by atoms with van der Waals surface area (Å²) in [4.78, 5) is 33.6. The number of fused-ring (bicyclic) bond motifs is 1. The number of aromatic amines is 1. The van der Waals surface area contributed by atoms with Crippen LogP contribution in [0.2, 0.25) is 0 Å². The Morgan fingerprint density at radius 3 is 2.81 bits per heavy atom. The summed E-state index contributed by atoms with van der Waals surface area (Å²) in [6, 6.07) is 0. The Hall–Kier alpha value is -1.34. The third-order valence-electron chi connectivity index (χ3n) is 4.69. The molecule has 0 spiro atoms. The van der Waals surface area contributed by atoms with E-state index in [4.69, 9.17) is 0 Å². The molecular formula is C19H29N3O2S2. The molecule has 5 nitrogen and oxygen atoms in total. The van der Waals surface area contributed by atoms with Crippen LogP contribution in [0.1, 0.15) is 55.8 Å². The maximum Gasteiger partial charge on any atom is 0.259 e. The van der Waals surface area contributed by atoms with E-state index in [1.807, 2.05) is 13.8 Å². The average molecular weight is 396 g/mol. The molecule has 0 saturated heterocycles. The van der Waals surface area contributed by atoms with E-state index in [1.165, 1.54) is 31.0 Å². The van der Waals surface area contributed by atoms with Crippen molar-refractivity contribution in [1.29, 1.82) is 0 Å². The van der Waals surface area contributed by atoms with Gasteiger partial charge in [-0.1, -0.05) is 33.1 Å². The van der Waals surface area contributed by atoms with Gasteiger partial charge in [-0.05, 0) is 31.7 Å². The monoisotopic (exact) mass is 395 g/mol. The lowest BCUT2D eigenvalue weighted by Gasteiger charge is -2.15. The number of nitrogens with one attached hydrogen (secondary N) is 2. The lowest BCUT2D eigenvalue weighted by atomic mass is 9.99. The van der Waals surface area contributed by atoms with Crippen molar-refractivity contribution in [1.82, 2.24) is 15.3 Å². The first-order chi connectivity index (χ1) is 12.5. The van der Waals surface area contributed by atoms with Crippen LogP contribution in [0.4, 0.5) is 0 Å². The van der Waals surface area contributed by atoms with E-state index >= 15 is 0 Å². The fourth-order valence-corrected chi connectivity index (χ4v) is 4.63. The topological polar surface area (TPSA) is 74.8 Å². The minimum Gasteiger partial charge on any atom is -0.355 e. The summed E-state index contributed by atoms with van der Waals surface area (Å²) >= 11 is 3.03. The van der Waals surface area contributed by atoms with Gasteiger partial charge in [0.1, 0.15) is 10.7 Å². The molecule has 7 heteroatoms. The van der Waals surface area contributed by atoms with Gasteiger partial charge < -0.3 is 10.3 Å². The summed E-state index contributed by atoms with van der Waals surface area (Å²) in [5.41, 5.74) is 0.921. The van der Waals surface area contributed by atoms with Gasteiger partial charge in [0.25, 0.3) is 5.56 Å². The molecule has 0 saturated carbocycles. The van der Waals surface area contributed by atoms with Gasteiger partial charge in [0.15, 0.2) is 0 Å². The normalized spacial score (nSPS) is 12.5. The third-order valence-corrected chi connectivity index (χ3v) is 6.74. The quantitative estimate of drug-likeness (QED) is 0.633. The molecule has 0 aromatic carbocycles. The van der Waals surface area contributed by atoms with Crippen LogP contribution in [-0.4, -0.2) is 28.2 Å². The predicted molar refractivity (Wildman–Crippen MR) is 112 cm³/mol. The molecular weight excluding hydrogens is 366 g/mol. The molecule has 2 N–H and O–H groups in total. The fraction of sp³-hybridized carbons (Fsp3) is 0.632. The zero-order chi connectivity index (χ0) is 19.1. The second-order valence-electron chi connectivity index (χ2n) is 6.69. The summed E-state index contributed by atoms with van der Waals surface area (Å²) in [6.45, 7) is 9.08. The summed E-state index contributed by atoms with van der Waals surface area (Å²) in [7, 11) is 0. The zero-order valence-electron chi connectivity index (χ0n) is 16.1. The second kappa shape index (κ2) is 10.1. The number of unbranched alkanes of at least 4 members (excludes halogenated alkanes) is 1. The van der Waals surface area contributed by atoms with E-state index < -0.39 is 0 Å². The molecule has 2 heterocycles. The Kier molecular flexibility index (Phi) is 8.15. The van der Waals surface area contributed by atoms with Gasteiger partial charge in [-0.3, -0.25) is 9.59 Å². The van der Waals surface area contributed by atoms with Crippen LogP contribution in [-0.2, 0) is 10.5 Å². The van der Waals surface area contributed by atoms with Gasteiger partial charge in [-0.2, -0.15) is 0 Å². The van der Waals surface area contributed by atoms with Crippen LogP contribution in [0.25, 0.3) is 10.2 Å². The highest BCUT2D eigenvalue weighted by atomic mass is 32.2. The second-order valence-corrected chi connectivity index (χ2v) is 8.88. The van der Waals surface area contributed by atoms with E-state index in [0.29, 0.717) is 28.6 Å². The largest absolute Gasteiger partial charge is 0.355 e. The lowest BCUT2D eigenvalue weighted by molar-refractivity contribution is -0.118. The molecule has 2 rings (SSSR count). The molecule has 1 amide bonds. The number of carbonyl (C=O) groups is 1. The van der Waals surface area contributed by atoms with E-state index in [1.54, 1.807) is 11.3 Å². The van der Waals surface area contributed by atoms with E-state index in [2.05, 4.69) is 29.1 Å². The van der Waals surface area contributed by atoms with E-state index in [-0.39, 0.29) is 11.5 Å². The highest BCUT2D eigenvalue weighted by Crippen LogP contribution is 2.26. The van der Waals surface area contributed by atoms with Crippen molar-refractivity contribution in [2.24, 2.45) is 5.92 Å². The molecule has 2 aromatic rings. The van der Waals surface area contributed by atoms with Gasteiger partial charge >= 0.3 is 0 Å². The average Bonchev–Trinajstić information content (AvgIpc) is 2.89. The van der Waals surface area contributed by atoms with Crippen molar-refractivity contribution in [3.63, 3.8) is 0 Å². The molecule has 0 aliphatic carbocycles. The highest BCUT2D eigenvalue weighted by Gasteiger charge is 2.12. The molecule has 0 aliphatic heterocycles. The molecule has 0 radical (unpaired) electrons. The summed E-state index contributed by atoms with van der Waals surface area (Å²) in [6.07, 6.45) is 4.68. The van der Waals surface area contributed by atoms with Gasteiger partial charge in [-0.25, -0.2) is 4.98 Å². The number of hydrogen-bond donors (Lipinski definition) is 2. The summed E-state index contributed by atoms with van der Waals surface area (Å²) < 4.78 is 0. The van der Waals surface area contributed by atoms with Crippen molar-refractivity contribution in [3.05, 3.63) is 26.6 Å². The number of nitrogens with zero attached hydrogens (tertiary/aromatic N) is 1. The summed E-state index contributed by atoms with van der Waals surface area (Å²) in [5, 5.41) is 3.72. The third kappa shape index (κ3) is 5.58. The zero-order valence-corrected chi connectivity index (χ0v) is 17.7. The van der Waals surface area contributed by atoms with E-state index in [0.717, 1.165) is 28.2 Å². The predicted octanol–water partition coefficient (Wildman–Crippen LogP) is 4.17. The molecule has 26 heavy (non-hydrogen) atoms. The molecule has 2 aromatic heterocycles. The van der Waals surface area contributed by atoms with Crippen LogP contribution in [0.15, 0.2) is 4.79 Å². The van der Waals surface area contributed by atoms with Crippen LogP contribution in [0.5, 0.6) is 0 Å². The van der Waals surface area contributed by atoms with Crippen molar-refractivity contribution in [2.45, 2.75) is 59.1 Å². The van der Waals surface area contributed by atoms with E-state index in [9.17, 15) is 9.59 Å². The van der Waals surface area contributed by atoms with Gasteiger partial charge in [0, 0.05) is 11.4 Å². The Morgan fingerprint density at radius 1 is 1.35 bits per heavy atom. The number of aromatic nitrogens is 2. The Bertz CT molecular complexity index is 798. The number of aryl methyl sites for hydroxylation is 2. The maximum absolute atomic E-state index is 12.3. The summed E-state index contributed by atoms with van der Waals surface area (Å²) in [5.74, 6) is 2.16. The molecule has 0 fully saturated rings. The highest BCUT2D eigenvalue weighted by molar-refractivity contribution is 7.99. The molecule has 0 unspecified atom stereocenters. The molecule has 1 atom stereocenters. The van der Waals surface area contributed by atoms with Crippen LogP contribution in [0.3, 0.4) is 0 Å². The fourth-order valence-electron chi connectivity index (χ4n) is 2.86. The standard InChI is InChI=1S/C19H29N3O2S2/c1-5-7-8-14(6-2)9-20-16(23)11-25-10-15-21-18(24)17-12(3)13(4)26-19(17)22-15/h14H,5-11H2,1-4H3,(H,20,23)(H,21,22,24)/t14-/m0/s1. The van der Waals surface area contributed by atoms with Crippen LogP contribution < -0.4 is 10.9 Å². The number of amides is 1.